The summed E-state index contributed by atoms with van der Waals surface area (Å²) in [4.78, 5) is 0. The van der Waals surface area contributed by atoms with Gasteiger partial charge in [-0.3, -0.25) is 0 Å². The maximum atomic E-state index is 2.25. The molecule has 0 nitrogen and oxygen atoms in total. The molecule has 0 heterocycles. The van der Waals surface area contributed by atoms with Gasteiger partial charge in [0, 0.05) is 0 Å². The summed E-state index contributed by atoms with van der Waals surface area (Å²) in [6, 6.07) is 0. The number of hydrogen-bond donors (Lipinski definition) is 0. The largest absolute Gasteiger partial charge is 0.0847 e. The van der Waals surface area contributed by atoms with E-state index in [9.17, 15) is 0 Å². The first-order chi connectivity index (χ1) is 4.81. The zero-order valence-corrected chi connectivity index (χ0v) is 7.35. The lowest BCUT2D eigenvalue weighted by Gasteiger charge is -1.89. The third kappa shape index (κ3) is 5.61. The van der Waals surface area contributed by atoms with Crippen molar-refractivity contribution in [3.8, 4) is 0 Å². The number of rotatable bonds is 4. The van der Waals surface area contributed by atoms with Crippen LogP contribution in [0.15, 0.2) is 23.8 Å². The molecule has 0 saturated carbocycles. The maximum absolute atomic E-state index is 2.25. The monoisotopic (exact) mass is 138 g/mol. The third-order valence-electron chi connectivity index (χ3n) is 1.56. The van der Waals surface area contributed by atoms with E-state index >= 15 is 0 Å². The highest BCUT2D eigenvalue weighted by Crippen LogP contribution is 1.99. The first-order valence-electron chi connectivity index (χ1n) is 4.10. The standard InChI is InChI=1S/C10H18/c1-4-6-7-8-9-10(3)5-2/h5,8-9H,4,6-7H2,1-3H3/b9-8+,10-5?. The Labute approximate surface area is 64.6 Å². The Balaban J connectivity index is 3.37. The molecule has 0 aromatic carbocycles. The number of unbranched alkanes of at least 4 members (excludes halogenated alkanes) is 2. The van der Waals surface area contributed by atoms with Crippen LogP contribution in [0.2, 0.25) is 0 Å². The summed E-state index contributed by atoms with van der Waals surface area (Å²) in [5, 5.41) is 0. The van der Waals surface area contributed by atoms with Crippen molar-refractivity contribution in [2.75, 3.05) is 0 Å². The van der Waals surface area contributed by atoms with Crippen molar-refractivity contribution >= 4 is 0 Å². The van der Waals surface area contributed by atoms with Crippen LogP contribution in [-0.4, -0.2) is 0 Å². The molecule has 0 heteroatoms. The zero-order chi connectivity index (χ0) is 7.82. The van der Waals surface area contributed by atoms with Gasteiger partial charge in [0.1, 0.15) is 0 Å². The molecule has 0 aromatic rings. The molecular formula is C10H18. The Morgan fingerprint density at radius 2 is 2.10 bits per heavy atom. The van der Waals surface area contributed by atoms with E-state index in [-0.39, 0.29) is 0 Å². The quantitative estimate of drug-likeness (QED) is 0.410. The summed E-state index contributed by atoms with van der Waals surface area (Å²) in [6.45, 7) is 6.41. The third-order valence-corrected chi connectivity index (χ3v) is 1.56. The highest BCUT2D eigenvalue weighted by atomic mass is 13.8. The van der Waals surface area contributed by atoms with Gasteiger partial charge in [-0.15, -0.1) is 0 Å². The normalized spacial score (nSPS) is 12.9. The van der Waals surface area contributed by atoms with Crippen LogP contribution in [0.5, 0.6) is 0 Å². The topological polar surface area (TPSA) is 0 Å². The second kappa shape index (κ2) is 6.60. The van der Waals surface area contributed by atoms with Crippen molar-refractivity contribution in [3.05, 3.63) is 23.8 Å². The molecule has 0 aliphatic carbocycles. The van der Waals surface area contributed by atoms with E-state index < -0.39 is 0 Å². The Morgan fingerprint density at radius 3 is 2.60 bits per heavy atom. The van der Waals surface area contributed by atoms with Crippen LogP contribution in [0.4, 0.5) is 0 Å². The van der Waals surface area contributed by atoms with Crippen LogP contribution in [-0.2, 0) is 0 Å². The predicted molar refractivity (Wildman–Crippen MR) is 48.1 cm³/mol. The number of allylic oxidation sites excluding steroid dienone is 4. The molecular weight excluding hydrogens is 120 g/mol. The van der Waals surface area contributed by atoms with Gasteiger partial charge >= 0.3 is 0 Å². The molecule has 0 amide bonds. The molecule has 0 N–H and O–H groups in total. The van der Waals surface area contributed by atoms with Gasteiger partial charge < -0.3 is 0 Å². The van der Waals surface area contributed by atoms with Gasteiger partial charge in [0.25, 0.3) is 0 Å². The number of hydrogen-bond acceptors (Lipinski definition) is 0. The molecule has 0 bridgehead atoms. The molecule has 0 aliphatic heterocycles. The lowest BCUT2D eigenvalue weighted by atomic mass is 10.2. The first-order valence-corrected chi connectivity index (χ1v) is 4.10. The van der Waals surface area contributed by atoms with E-state index in [2.05, 4.69) is 39.0 Å². The molecule has 0 atom stereocenters. The first kappa shape index (κ1) is 9.48. The molecule has 0 radical (unpaired) electrons. The van der Waals surface area contributed by atoms with Crippen molar-refractivity contribution in [2.45, 2.75) is 40.0 Å². The lowest BCUT2D eigenvalue weighted by Crippen LogP contribution is -1.68. The average molecular weight is 138 g/mol. The molecule has 0 unspecified atom stereocenters. The molecule has 0 saturated heterocycles. The van der Waals surface area contributed by atoms with Crippen LogP contribution in [0.25, 0.3) is 0 Å². The van der Waals surface area contributed by atoms with E-state index in [1.54, 1.807) is 0 Å². The molecule has 0 aromatic heterocycles. The van der Waals surface area contributed by atoms with Crippen molar-refractivity contribution in [1.82, 2.24) is 0 Å². The summed E-state index contributed by atoms with van der Waals surface area (Å²) >= 11 is 0. The fourth-order valence-corrected chi connectivity index (χ4v) is 0.687. The van der Waals surface area contributed by atoms with Crippen LogP contribution >= 0.6 is 0 Å². The fourth-order valence-electron chi connectivity index (χ4n) is 0.687. The maximum Gasteiger partial charge on any atom is -0.0348 e. The van der Waals surface area contributed by atoms with Crippen molar-refractivity contribution in [2.24, 2.45) is 0 Å². The minimum Gasteiger partial charge on any atom is -0.0847 e. The summed E-state index contributed by atoms with van der Waals surface area (Å²) in [6.07, 6.45) is 10.4. The molecule has 0 aliphatic rings. The highest BCUT2D eigenvalue weighted by molar-refractivity contribution is 5.14. The zero-order valence-electron chi connectivity index (χ0n) is 7.35. The lowest BCUT2D eigenvalue weighted by molar-refractivity contribution is 0.814. The van der Waals surface area contributed by atoms with E-state index in [1.807, 2.05) is 0 Å². The van der Waals surface area contributed by atoms with Gasteiger partial charge in [-0.25, -0.2) is 0 Å². The van der Waals surface area contributed by atoms with Crippen LogP contribution in [0, 0.1) is 0 Å². The Bertz CT molecular complexity index is 118. The van der Waals surface area contributed by atoms with E-state index in [0.717, 1.165) is 0 Å². The van der Waals surface area contributed by atoms with E-state index in [4.69, 9.17) is 0 Å². The summed E-state index contributed by atoms with van der Waals surface area (Å²) < 4.78 is 0. The molecule has 0 fully saturated rings. The van der Waals surface area contributed by atoms with Gasteiger partial charge in [0.05, 0.1) is 0 Å². The van der Waals surface area contributed by atoms with E-state index in [0.29, 0.717) is 0 Å². The SMILES string of the molecule is CC=C(C)/C=C/CCCC. The summed E-state index contributed by atoms with van der Waals surface area (Å²) in [5.41, 5.74) is 1.36. The van der Waals surface area contributed by atoms with Gasteiger partial charge in [0.15, 0.2) is 0 Å². The Morgan fingerprint density at radius 1 is 1.40 bits per heavy atom. The molecule has 0 rings (SSSR count). The minimum atomic E-state index is 1.22. The predicted octanol–water partition coefficient (Wildman–Crippen LogP) is 3.70. The van der Waals surface area contributed by atoms with Gasteiger partial charge in [-0.05, 0) is 20.3 Å². The highest BCUT2D eigenvalue weighted by Gasteiger charge is 1.78. The molecule has 58 valence electrons. The van der Waals surface area contributed by atoms with Crippen molar-refractivity contribution < 1.29 is 0 Å². The summed E-state index contributed by atoms with van der Waals surface area (Å²) in [5.74, 6) is 0. The second-order valence-corrected chi connectivity index (χ2v) is 2.58. The Kier molecular flexibility index (Phi) is 6.25. The smallest absolute Gasteiger partial charge is 0.0348 e. The van der Waals surface area contributed by atoms with Gasteiger partial charge in [-0.2, -0.15) is 0 Å². The van der Waals surface area contributed by atoms with Crippen LogP contribution < -0.4 is 0 Å². The van der Waals surface area contributed by atoms with Gasteiger partial charge in [0.2, 0.25) is 0 Å². The minimum absolute atomic E-state index is 1.22. The van der Waals surface area contributed by atoms with Crippen molar-refractivity contribution in [3.63, 3.8) is 0 Å². The molecule has 10 heavy (non-hydrogen) atoms. The average Bonchev–Trinajstić information content (AvgIpc) is 1.98. The van der Waals surface area contributed by atoms with E-state index in [1.165, 1.54) is 24.8 Å². The summed E-state index contributed by atoms with van der Waals surface area (Å²) in [7, 11) is 0. The van der Waals surface area contributed by atoms with Crippen LogP contribution in [0.1, 0.15) is 40.0 Å². The molecule has 0 spiro atoms. The van der Waals surface area contributed by atoms with Crippen LogP contribution in [0.3, 0.4) is 0 Å². The fraction of sp³-hybridized carbons (Fsp3) is 0.600. The Hall–Kier alpha value is -0.520. The van der Waals surface area contributed by atoms with Gasteiger partial charge in [-0.1, -0.05) is 43.6 Å². The second-order valence-electron chi connectivity index (χ2n) is 2.58. The van der Waals surface area contributed by atoms with Crippen molar-refractivity contribution in [1.29, 1.82) is 0 Å².